The Bertz CT molecular complexity index is 717. The summed E-state index contributed by atoms with van der Waals surface area (Å²) < 4.78 is 16.9. The van der Waals surface area contributed by atoms with Crippen LogP contribution in [0.15, 0.2) is 40.9 Å². The van der Waals surface area contributed by atoms with Crippen LogP contribution in [0.25, 0.3) is 0 Å². The lowest BCUT2D eigenvalue weighted by molar-refractivity contribution is 0.102. The molecule has 0 spiro atoms. The summed E-state index contributed by atoms with van der Waals surface area (Å²) in [7, 11) is 1.56. The summed E-state index contributed by atoms with van der Waals surface area (Å²) in [6.45, 7) is 0.967. The summed E-state index contributed by atoms with van der Waals surface area (Å²) in [6.07, 6.45) is 0. The molecule has 1 N–H and O–H groups in total. The van der Waals surface area contributed by atoms with Crippen LogP contribution in [-0.2, 0) is 0 Å². The molecule has 1 aliphatic rings. The Hall–Kier alpha value is -2.21. The Morgan fingerprint density at radius 2 is 2.05 bits per heavy atom. The fraction of sp³-hybridized carbons (Fsp3) is 0.188. The van der Waals surface area contributed by atoms with Crippen molar-refractivity contribution in [2.75, 3.05) is 25.6 Å². The largest absolute Gasteiger partial charge is 0.497 e. The van der Waals surface area contributed by atoms with E-state index in [1.165, 1.54) is 0 Å². The van der Waals surface area contributed by atoms with Gasteiger partial charge >= 0.3 is 0 Å². The number of carbonyl (C=O) groups excluding carboxylic acids is 1. The van der Waals surface area contributed by atoms with E-state index in [4.69, 9.17) is 14.2 Å². The van der Waals surface area contributed by atoms with Crippen molar-refractivity contribution in [2.45, 2.75) is 0 Å². The Morgan fingerprint density at radius 1 is 1.23 bits per heavy atom. The summed E-state index contributed by atoms with van der Waals surface area (Å²) >= 11 is 3.38. The number of benzene rings is 2. The Morgan fingerprint density at radius 3 is 2.86 bits per heavy atom. The Balaban J connectivity index is 1.89. The van der Waals surface area contributed by atoms with E-state index >= 15 is 0 Å². The van der Waals surface area contributed by atoms with E-state index in [2.05, 4.69) is 21.2 Å². The molecule has 0 aromatic heterocycles. The predicted octanol–water partition coefficient (Wildman–Crippen LogP) is 3.48. The minimum absolute atomic E-state index is 0.256. The van der Waals surface area contributed by atoms with Crippen LogP contribution >= 0.6 is 15.9 Å². The fourth-order valence-corrected chi connectivity index (χ4v) is 2.59. The maximum Gasteiger partial charge on any atom is 0.257 e. The normalized spacial score (nSPS) is 12.6. The van der Waals surface area contributed by atoms with Crippen molar-refractivity contribution in [1.82, 2.24) is 0 Å². The molecule has 0 radical (unpaired) electrons. The van der Waals surface area contributed by atoms with Gasteiger partial charge in [0.15, 0.2) is 11.5 Å². The number of rotatable bonds is 3. The first-order valence-corrected chi connectivity index (χ1v) is 7.52. The average Bonchev–Trinajstić information content (AvgIpc) is 2.55. The summed E-state index contributed by atoms with van der Waals surface area (Å²) in [5.74, 6) is 1.55. The number of hydrogen-bond acceptors (Lipinski definition) is 4. The van der Waals surface area contributed by atoms with Gasteiger partial charge in [-0.2, -0.15) is 0 Å². The molecule has 5 nitrogen and oxygen atoms in total. The van der Waals surface area contributed by atoms with Crippen LogP contribution < -0.4 is 19.5 Å². The quantitative estimate of drug-likeness (QED) is 0.906. The van der Waals surface area contributed by atoms with Gasteiger partial charge in [0.05, 0.1) is 18.4 Å². The first-order chi connectivity index (χ1) is 10.7. The molecule has 0 saturated carbocycles. The molecular weight excluding hydrogens is 350 g/mol. The summed E-state index contributed by atoms with van der Waals surface area (Å²) in [5.41, 5.74) is 1.06. The average molecular weight is 364 g/mol. The van der Waals surface area contributed by atoms with Crippen molar-refractivity contribution >= 4 is 27.5 Å². The van der Waals surface area contributed by atoms with Crippen LogP contribution in [0.4, 0.5) is 5.69 Å². The summed E-state index contributed by atoms with van der Waals surface area (Å²) in [4.78, 5) is 12.5. The number of para-hydroxylation sites is 1. The Labute approximate surface area is 136 Å². The van der Waals surface area contributed by atoms with Gasteiger partial charge < -0.3 is 19.5 Å². The second-order valence-electron chi connectivity index (χ2n) is 4.63. The lowest BCUT2D eigenvalue weighted by atomic mass is 10.2. The zero-order chi connectivity index (χ0) is 15.5. The predicted molar refractivity (Wildman–Crippen MR) is 86.1 cm³/mol. The van der Waals surface area contributed by atoms with Gasteiger partial charge in [-0.25, -0.2) is 0 Å². The fourth-order valence-electron chi connectivity index (χ4n) is 2.17. The number of amides is 1. The molecule has 3 rings (SSSR count). The first kappa shape index (κ1) is 14.7. The molecule has 2 aromatic carbocycles. The van der Waals surface area contributed by atoms with E-state index in [9.17, 15) is 4.79 Å². The third-order valence-electron chi connectivity index (χ3n) is 3.23. The van der Waals surface area contributed by atoms with E-state index < -0.39 is 0 Å². The third-order valence-corrected chi connectivity index (χ3v) is 3.92. The number of methoxy groups -OCH3 is 1. The highest BCUT2D eigenvalue weighted by Crippen LogP contribution is 2.37. The molecule has 0 unspecified atom stereocenters. The number of nitrogens with one attached hydrogen (secondary N) is 1. The summed E-state index contributed by atoms with van der Waals surface area (Å²) in [6, 6.07) is 10.6. The van der Waals surface area contributed by atoms with Crippen LogP contribution in [0.1, 0.15) is 10.4 Å². The van der Waals surface area contributed by atoms with Crippen LogP contribution in [0, 0.1) is 0 Å². The van der Waals surface area contributed by atoms with E-state index in [0.717, 1.165) is 0 Å². The van der Waals surface area contributed by atoms with Crippen molar-refractivity contribution in [3.63, 3.8) is 0 Å². The van der Waals surface area contributed by atoms with E-state index in [1.807, 2.05) is 12.1 Å². The molecule has 22 heavy (non-hydrogen) atoms. The van der Waals surface area contributed by atoms with Gasteiger partial charge in [-0.1, -0.05) is 6.07 Å². The van der Waals surface area contributed by atoms with E-state index in [-0.39, 0.29) is 5.91 Å². The third kappa shape index (κ3) is 2.87. The molecule has 0 atom stereocenters. The van der Waals surface area contributed by atoms with Crippen molar-refractivity contribution in [1.29, 1.82) is 0 Å². The number of carbonyl (C=O) groups is 1. The van der Waals surface area contributed by atoms with Crippen LogP contribution in [0.5, 0.6) is 17.2 Å². The lowest BCUT2D eigenvalue weighted by Gasteiger charge is -2.21. The molecule has 1 heterocycles. The molecule has 0 fully saturated rings. The van der Waals surface area contributed by atoms with Gasteiger partial charge in [0.25, 0.3) is 5.91 Å². The lowest BCUT2D eigenvalue weighted by Crippen LogP contribution is -2.19. The molecule has 2 aromatic rings. The highest BCUT2D eigenvalue weighted by molar-refractivity contribution is 9.10. The van der Waals surface area contributed by atoms with E-state index in [0.29, 0.717) is 46.2 Å². The van der Waals surface area contributed by atoms with Gasteiger partial charge in [-0.05, 0) is 46.3 Å². The molecule has 0 aliphatic carbocycles. The number of hydrogen-bond donors (Lipinski definition) is 1. The zero-order valence-corrected chi connectivity index (χ0v) is 13.5. The minimum atomic E-state index is -0.256. The second-order valence-corrected chi connectivity index (χ2v) is 5.48. The van der Waals surface area contributed by atoms with Crippen LogP contribution in [-0.4, -0.2) is 26.2 Å². The SMILES string of the molecule is COc1ccc(Br)c(C(=O)Nc2cccc3c2OCCO3)c1. The van der Waals surface area contributed by atoms with Gasteiger partial charge in [-0.3, -0.25) is 4.79 Å². The highest BCUT2D eigenvalue weighted by Gasteiger charge is 2.19. The second kappa shape index (κ2) is 6.27. The first-order valence-electron chi connectivity index (χ1n) is 6.72. The molecule has 6 heteroatoms. The topological polar surface area (TPSA) is 56.8 Å². The number of ether oxygens (including phenoxy) is 3. The number of anilines is 1. The van der Waals surface area contributed by atoms with Gasteiger partial charge in [0, 0.05) is 4.47 Å². The standard InChI is InChI=1S/C16H14BrNO4/c1-20-10-5-6-12(17)11(9-10)16(19)18-13-3-2-4-14-15(13)22-8-7-21-14/h2-6,9H,7-8H2,1H3,(H,18,19). The smallest absolute Gasteiger partial charge is 0.257 e. The monoisotopic (exact) mass is 363 g/mol. The van der Waals surface area contributed by atoms with Gasteiger partial charge in [0.1, 0.15) is 19.0 Å². The molecule has 114 valence electrons. The molecule has 0 saturated heterocycles. The molecular formula is C16H14BrNO4. The number of halogens is 1. The van der Waals surface area contributed by atoms with Crippen molar-refractivity contribution in [3.8, 4) is 17.2 Å². The minimum Gasteiger partial charge on any atom is -0.497 e. The summed E-state index contributed by atoms with van der Waals surface area (Å²) in [5, 5.41) is 2.85. The van der Waals surface area contributed by atoms with E-state index in [1.54, 1.807) is 31.4 Å². The number of fused-ring (bicyclic) bond motifs is 1. The van der Waals surface area contributed by atoms with Crippen molar-refractivity contribution in [3.05, 3.63) is 46.4 Å². The van der Waals surface area contributed by atoms with Crippen molar-refractivity contribution in [2.24, 2.45) is 0 Å². The maximum absolute atomic E-state index is 12.5. The Kier molecular flexibility index (Phi) is 4.20. The van der Waals surface area contributed by atoms with Crippen LogP contribution in [0.3, 0.4) is 0 Å². The molecule has 0 bridgehead atoms. The zero-order valence-electron chi connectivity index (χ0n) is 11.9. The molecule has 1 amide bonds. The van der Waals surface area contributed by atoms with Gasteiger partial charge in [0.2, 0.25) is 0 Å². The highest BCUT2D eigenvalue weighted by atomic mass is 79.9. The van der Waals surface area contributed by atoms with Gasteiger partial charge in [-0.15, -0.1) is 0 Å². The van der Waals surface area contributed by atoms with Crippen molar-refractivity contribution < 1.29 is 19.0 Å². The van der Waals surface area contributed by atoms with Crippen LogP contribution in [0.2, 0.25) is 0 Å². The molecule has 1 aliphatic heterocycles. The maximum atomic E-state index is 12.5.